The van der Waals surface area contributed by atoms with E-state index in [4.69, 9.17) is 9.47 Å². The van der Waals surface area contributed by atoms with Crippen LogP contribution >= 0.6 is 0 Å². The number of hydrogen-bond acceptors (Lipinski definition) is 12. The molecule has 0 aromatic heterocycles. The molecule has 0 spiro atoms. The second-order valence-electron chi connectivity index (χ2n) is 25.1. The van der Waals surface area contributed by atoms with Crippen molar-refractivity contribution in [1.29, 1.82) is 0 Å². The highest BCUT2D eigenvalue weighted by Crippen LogP contribution is 2.33. The van der Waals surface area contributed by atoms with Gasteiger partial charge in [0, 0.05) is 36.3 Å². The van der Waals surface area contributed by atoms with Crippen LogP contribution in [0.4, 0.5) is 0 Å². The Labute approximate surface area is 540 Å². The number of nitrogens with one attached hydrogen (secondary N) is 8. The van der Waals surface area contributed by atoms with Crippen LogP contribution in [0.2, 0.25) is 0 Å². The van der Waals surface area contributed by atoms with Crippen LogP contribution in [0.1, 0.15) is 146 Å². The summed E-state index contributed by atoms with van der Waals surface area (Å²) in [7, 11) is 3.35. The average molecular weight is 1260 g/mol. The third-order valence-electron chi connectivity index (χ3n) is 18.7. The van der Waals surface area contributed by atoms with Gasteiger partial charge in [0.15, 0.2) is 0 Å². The molecule has 2 aliphatic heterocycles. The first kappa shape index (κ1) is 68.1. The lowest BCUT2D eigenvalue weighted by Crippen LogP contribution is -2.58. The van der Waals surface area contributed by atoms with E-state index < -0.39 is 95.9 Å². The number of hydrogen-bond donors (Lipinski definition) is 8. The Balaban J connectivity index is 0.913. The van der Waals surface area contributed by atoms with E-state index in [0.29, 0.717) is 13.2 Å². The average Bonchev–Trinajstić information content (AvgIpc) is 1.75. The number of carbonyl (C=O) groups is 8. The fourth-order valence-electron chi connectivity index (χ4n) is 13.1. The molecule has 2 heterocycles. The maximum atomic E-state index is 15.1. The lowest BCUT2D eigenvalue weighted by Gasteiger charge is -2.35. The quantitative estimate of drug-likeness (QED) is 0.0264. The fourth-order valence-corrected chi connectivity index (χ4v) is 13.1. The molecular weight excluding hydrogens is 1160 g/mol. The van der Waals surface area contributed by atoms with Gasteiger partial charge in [-0.05, 0) is 125 Å². The molecule has 8 amide bonds. The summed E-state index contributed by atoms with van der Waals surface area (Å²) in [6.07, 6.45) is 8.72. The summed E-state index contributed by atoms with van der Waals surface area (Å²) in [5, 5.41) is 24.6. The van der Waals surface area contributed by atoms with Crippen molar-refractivity contribution in [2.75, 3.05) is 40.4 Å². The molecule has 0 radical (unpaired) electrons. The van der Waals surface area contributed by atoms with Crippen LogP contribution in [0.15, 0.2) is 146 Å². The molecule has 20 heteroatoms. The molecule has 4 unspecified atom stereocenters. The Morgan fingerprint density at radius 1 is 0.446 bits per heavy atom. The minimum atomic E-state index is -1.03. The van der Waals surface area contributed by atoms with Crippen LogP contribution < -0.4 is 42.5 Å². The summed E-state index contributed by atoms with van der Waals surface area (Å²) in [6.45, 7) is 4.33. The molecule has 92 heavy (non-hydrogen) atoms. The highest BCUT2D eigenvalue weighted by Gasteiger charge is 2.47. The van der Waals surface area contributed by atoms with Crippen molar-refractivity contribution in [3.63, 3.8) is 0 Å². The van der Waals surface area contributed by atoms with Crippen molar-refractivity contribution >= 4 is 47.3 Å². The van der Waals surface area contributed by atoms with Crippen LogP contribution in [0.5, 0.6) is 0 Å². The molecule has 0 bridgehead atoms. The Morgan fingerprint density at radius 3 is 1.12 bits per heavy atom. The van der Waals surface area contributed by atoms with Crippen molar-refractivity contribution in [3.05, 3.63) is 179 Å². The van der Waals surface area contributed by atoms with Crippen molar-refractivity contribution < 1.29 is 47.8 Å². The Kier molecular flexibility index (Phi) is 25.0. The zero-order valence-corrected chi connectivity index (χ0v) is 53.5. The number of ether oxygens (including phenoxy) is 2. The Morgan fingerprint density at radius 2 is 0.783 bits per heavy atom. The van der Waals surface area contributed by atoms with Crippen molar-refractivity contribution in [3.8, 4) is 0 Å². The van der Waals surface area contributed by atoms with Gasteiger partial charge in [-0.2, -0.15) is 0 Å². The summed E-state index contributed by atoms with van der Waals surface area (Å²) in [5.41, 5.74) is 4.00. The summed E-state index contributed by atoms with van der Waals surface area (Å²) in [5.74, 6) is -3.62. The summed E-state index contributed by atoms with van der Waals surface area (Å²) >= 11 is 0. The lowest BCUT2D eigenvalue weighted by atomic mass is 9.83. The number of nitrogens with zero attached hydrogens (tertiary/aromatic N) is 2. The summed E-state index contributed by atoms with van der Waals surface area (Å²) in [4.78, 5) is 119. The topological polar surface area (TPSA) is 258 Å². The third kappa shape index (κ3) is 18.5. The van der Waals surface area contributed by atoms with Gasteiger partial charge in [0.05, 0.1) is 50.6 Å². The standard InChI is InChI=1S/C72H92N10O10/c1-47(73-3)65(83)79-63(53-31-19-9-20-32-53)71(89)81-41-57(39-61(81)69(87)77-59(51-27-15-7-16-28-51)45-91-43-49-23-11-5-12-24-49)75-67(85)55-35-37-56(38-36-55)68(86)76-58-40-62(82(42-58)72(90)64(54-33-21-10-22-34-54)80-66(84)48(2)74-4)70(88)78-60(52-29-17-8-18-30-52)46-92-44-50-25-13-6-14-26-50/h5-8,11-18,23-30,35-38,47-48,53-54,57-64,73-74H,9-10,19-22,31-34,39-46H2,1-4H3,(H,75,85)(H,76,86)(H,77,87)(H,78,88)(H,79,83)(H,80,84)/t47-,48-,57-,58?,59?,60?,61-,62?,63-,64-/m0/s1. The van der Waals surface area contributed by atoms with Crippen LogP contribution in [0, 0.1) is 11.8 Å². The molecule has 4 aliphatic rings. The second-order valence-corrected chi connectivity index (χ2v) is 25.1. The number of carbonyl (C=O) groups excluding carboxylic acids is 8. The van der Waals surface area contributed by atoms with Gasteiger partial charge in [0.1, 0.15) is 24.2 Å². The number of benzene rings is 5. The van der Waals surface area contributed by atoms with Gasteiger partial charge in [0.25, 0.3) is 11.8 Å². The first-order valence-electron chi connectivity index (χ1n) is 32.9. The first-order chi connectivity index (χ1) is 44.7. The van der Waals surface area contributed by atoms with E-state index in [2.05, 4.69) is 42.5 Å². The number of rotatable bonds is 28. The number of likely N-dealkylation sites (N-methyl/N-ethyl adjacent to an activating group) is 2. The molecule has 4 fully saturated rings. The molecule has 2 aliphatic carbocycles. The second kappa shape index (κ2) is 33.9. The Hall–Kier alpha value is -8.30. The number of likely N-dealkylation sites (tertiary alicyclic amines) is 2. The molecule has 490 valence electrons. The van der Waals surface area contributed by atoms with E-state index >= 15 is 9.59 Å². The van der Waals surface area contributed by atoms with Crippen LogP contribution in [0.3, 0.4) is 0 Å². The summed E-state index contributed by atoms with van der Waals surface area (Å²) in [6, 6.07) is 36.9. The molecule has 9 rings (SSSR count). The van der Waals surface area contributed by atoms with Crippen molar-refractivity contribution in [1.82, 2.24) is 52.3 Å². The molecule has 20 nitrogen and oxygen atoms in total. The van der Waals surface area contributed by atoms with Gasteiger partial charge in [-0.3, -0.25) is 38.4 Å². The zero-order chi connectivity index (χ0) is 64.9. The minimum absolute atomic E-state index is 0.0119. The molecule has 2 saturated heterocycles. The van der Waals surface area contributed by atoms with Gasteiger partial charge < -0.3 is 61.8 Å². The highest BCUT2D eigenvalue weighted by atomic mass is 16.5. The SMILES string of the molecule is CN[C@@H](C)C(=O)N[C@H](C(=O)N1CC(NC(=O)c2ccc(C(=O)N[C@H]3C[C@@H](C(=O)NC(COCc4ccccc4)c4ccccc4)N(C(=O)[C@@H](NC(=O)[C@H](C)NC)C4CCCCC4)C3)cc2)CC1C(=O)NC(COCc1ccccc1)c1ccccc1)C1CCCCC1. The maximum Gasteiger partial charge on any atom is 0.251 e. The Bertz CT molecular complexity index is 3010. The van der Waals surface area contributed by atoms with E-state index in [1.807, 2.05) is 121 Å². The first-order valence-corrected chi connectivity index (χ1v) is 32.9. The van der Waals surface area contributed by atoms with Crippen LogP contribution in [0.25, 0.3) is 0 Å². The largest absolute Gasteiger partial charge is 0.374 e. The summed E-state index contributed by atoms with van der Waals surface area (Å²) < 4.78 is 12.4. The van der Waals surface area contributed by atoms with Gasteiger partial charge in [-0.25, -0.2) is 0 Å². The fraction of sp³-hybridized carbons (Fsp3) is 0.472. The normalized spacial score (nSPS) is 20.5. The van der Waals surface area contributed by atoms with Crippen LogP contribution in [-0.4, -0.2) is 146 Å². The van der Waals surface area contributed by atoms with Gasteiger partial charge >= 0.3 is 0 Å². The van der Waals surface area contributed by atoms with Crippen molar-refractivity contribution in [2.24, 2.45) is 11.8 Å². The minimum Gasteiger partial charge on any atom is -0.374 e. The van der Waals surface area contributed by atoms with E-state index in [1.54, 1.807) is 27.9 Å². The predicted octanol–water partition coefficient (Wildman–Crippen LogP) is 6.58. The maximum absolute atomic E-state index is 15.1. The smallest absolute Gasteiger partial charge is 0.251 e. The molecule has 5 aromatic carbocycles. The monoisotopic (exact) mass is 1260 g/mol. The van der Waals surface area contributed by atoms with Crippen LogP contribution in [-0.2, 0) is 51.5 Å². The molecule has 5 aromatic rings. The third-order valence-corrected chi connectivity index (χ3v) is 18.7. The van der Waals surface area contributed by atoms with Gasteiger partial charge in [0.2, 0.25) is 35.4 Å². The number of amides is 8. The van der Waals surface area contributed by atoms with Gasteiger partial charge in [-0.15, -0.1) is 0 Å². The van der Waals surface area contributed by atoms with E-state index in [-0.39, 0.29) is 73.9 Å². The predicted molar refractivity (Wildman–Crippen MR) is 350 cm³/mol. The van der Waals surface area contributed by atoms with E-state index in [1.165, 1.54) is 34.1 Å². The van der Waals surface area contributed by atoms with Crippen molar-refractivity contribution in [2.45, 2.75) is 165 Å². The van der Waals surface area contributed by atoms with E-state index in [0.717, 1.165) is 86.5 Å². The molecule has 10 atom stereocenters. The molecule has 2 saturated carbocycles. The lowest BCUT2D eigenvalue weighted by molar-refractivity contribution is -0.143. The highest BCUT2D eigenvalue weighted by molar-refractivity contribution is 5.99. The molecular formula is C72H92N10O10. The van der Waals surface area contributed by atoms with Gasteiger partial charge in [-0.1, -0.05) is 160 Å². The van der Waals surface area contributed by atoms with E-state index in [9.17, 15) is 28.8 Å². The molecule has 8 N–H and O–H groups in total. The zero-order valence-electron chi connectivity index (χ0n) is 53.5.